The third-order valence-electron chi connectivity index (χ3n) is 3.63. The fourth-order valence-electron chi connectivity index (χ4n) is 2.57. The molecule has 3 heteroatoms. The summed E-state index contributed by atoms with van der Waals surface area (Å²) in [6, 6.07) is 6.06. The van der Waals surface area contributed by atoms with Crippen molar-refractivity contribution in [2.24, 2.45) is 0 Å². The summed E-state index contributed by atoms with van der Waals surface area (Å²) in [6.45, 7) is -5.28. The number of hydrogen-bond donors (Lipinski definition) is 0. The average molecular weight is 283 g/mol. The second-order valence-electron chi connectivity index (χ2n) is 5.04. The van der Waals surface area contributed by atoms with Gasteiger partial charge in [-0.25, -0.2) is 0 Å². The van der Waals surface area contributed by atoms with Gasteiger partial charge in [-0.05, 0) is 37.5 Å². The molecule has 2 fully saturated rings. The predicted octanol–water partition coefficient (Wildman–Crippen LogP) is 3.40. The summed E-state index contributed by atoms with van der Waals surface area (Å²) in [5.74, 6) is -1.84. The smallest absolute Gasteiger partial charge is 0.118 e. The van der Waals surface area contributed by atoms with Gasteiger partial charge in [0.15, 0.2) is 0 Å². The topological polar surface area (TPSA) is 21.7 Å². The first kappa shape index (κ1) is 7.28. The number of likely N-dealkylation sites (N-methyl/N-ethyl adjacent to an activating group) is 1. The van der Waals surface area contributed by atoms with Gasteiger partial charge >= 0.3 is 0 Å². The van der Waals surface area contributed by atoms with Crippen molar-refractivity contribution in [3.8, 4) is 5.75 Å². The van der Waals surface area contributed by atoms with Crippen molar-refractivity contribution in [2.45, 2.75) is 43.5 Å². The van der Waals surface area contributed by atoms with E-state index in [0.717, 1.165) is 0 Å². The molecule has 3 rings (SSSR count). The number of methoxy groups -OCH3 is 1. The molecule has 0 aromatic heterocycles. The molecule has 110 valence electrons. The van der Waals surface area contributed by atoms with Gasteiger partial charge in [0.1, 0.15) is 5.75 Å². The number of hydrogen-bond acceptors (Lipinski definition) is 3. The zero-order valence-corrected chi connectivity index (χ0v) is 11.8. The second kappa shape index (κ2) is 5.74. The van der Waals surface area contributed by atoms with E-state index in [0.29, 0.717) is 17.1 Å². The van der Waals surface area contributed by atoms with Crippen LogP contribution in [0.4, 0.5) is 0 Å². The summed E-state index contributed by atoms with van der Waals surface area (Å²) in [5.41, 5.74) is -2.06. The van der Waals surface area contributed by atoms with Gasteiger partial charge in [0.05, 0.1) is 22.1 Å². The van der Waals surface area contributed by atoms with Crippen LogP contribution in [0.3, 0.4) is 0 Å². The molecule has 1 spiro atoms. The van der Waals surface area contributed by atoms with E-state index in [1.807, 2.05) is 0 Å². The van der Waals surface area contributed by atoms with E-state index in [9.17, 15) is 1.37 Å². The third-order valence-corrected chi connectivity index (χ3v) is 3.63. The molecular formula is C17H25NO2. The number of rotatable bonds is 2. The highest BCUT2D eigenvalue weighted by Gasteiger charge is 2.44. The predicted molar refractivity (Wildman–Crippen MR) is 80.1 cm³/mol. The molecule has 1 saturated carbocycles. The van der Waals surface area contributed by atoms with E-state index in [2.05, 4.69) is 0 Å². The first-order valence-corrected chi connectivity index (χ1v) is 6.79. The molecule has 1 heterocycles. The van der Waals surface area contributed by atoms with Crippen LogP contribution in [0, 0.1) is 0 Å². The lowest BCUT2D eigenvalue weighted by molar-refractivity contribution is -0.161. The summed E-state index contributed by atoms with van der Waals surface area (Å²) in [5, 5.41) is 0. The first-order valence-electron chi connectivity index (χ1n) is 10.9. The van der Waals surface area contributed by atoms with Crippen LogP contribution in [0.1, 0.15) is 54.5 Å². The van der Waals surface area contributed by atoms with Gasteiger partial charge in [0, 0.05) is 20.6 Å². The molecule has 0 bridgehead atoms. The van der Waals surface area contributed by atoms with Crippen LogP contribution in [0.15, 0.2) is 24.3 Å². The minimum absolute atomic E-state index is 0.0717. The van der Waals surface area contributed by atoms with Crippen molar-refractivity contribution >= 4 is 0 Å². The summed E-state index contributed by atoms with van der Waals surface area (Å²) >= 11 is 0. The van der Waals surface area contributed by atoms with Crippen molar-refractivity contribution in [3.63, 3.8) is 0 Å². The Hall–Kier alpha value is -1.06. The van der Waals surface area contributed by atoms with Crippen LogP contribution in [0.2, 0.25) is 0 Å². The van der Waals surface area contributed by atoms with E-state index in [1.54, 1.807) is 12.1 Å². The molecule has 0 radical (unpaired) electrons. The maximum atomic E-state index is 9.31. The normalized spacial score (nSPS) is 52.2. The van der Waals surface area contributed by atoms with Crippen molar-refractivity contribution < 1.29 is 20.4 Å². The second-order valence-corrected chi connectivity index (χ2v) is 5.04. The highest BCUT2D eigenvalue weighted by atomic mass is 16.5. The van der Waals surface area contributed by atoms with Gasteiger partial charge in [-0.15, -0.1) is 0 Å². The van der Waals surface area contributed by atoms with Gasteiger partial charge < -0.3 is 9.47 Å². The third kappa shape index (κ3) is 2.57. The molecule has 3 nitrogen and oxygen atoms in total. The number of ether oxygens (including phenoxy) is 2. The highest BCUT2D eigenvalue weighted by Crippen LogP contribution is 2.45. The molecule has 0 amide bonds. The van der Waals surface area contributed by atoms with E-state index in [4.69, 9.17) is 19.1 Å². The molecule has 2 aliphatic rings. The molecule has 1 aromatic rings. The summed E-state index contributed by atoms with van der Waals surface area (Å²) in [6.07, 6.45) is -3.22. The number of benzene rings is 1. The van der Waals surface area contributed by atoms with E-state index < -0.39 is 37.4 Å². The van der Waals surface area contributed by atoms with Gasteiger partial charge in [0.2, 0.25) is 0 Å². The van der Waals surface area contributed by atoms with Gasteiger partial charge in [-0.3, -0.25) is 4.90 Å². The Balaban J connectivity index is 2.32. The fraction of sp³-hybridized carbons (Fsp3) is 0.647. The van der Waals surface area contributed by atoms with Crippen molar-refractivity contribution in [2.75, 3.05) is 27.3 Å². The molecule has 3 atom stereocenters. The Morgan fingerprint density at radius 3 is 2.95 bits per heavy atom. The summed E-state index contributed by atoms with van der Waals surface area (Å²) in [4.78, 5) is 0.687. The van der Waals surface area contributed by atoms with Crippen LogP contribution < -0.4 is 4.74 Å². The highest BCUT2D eigenvalue weighted by molar-refractivity contribution is 5.32. The van der Waals surface area contributed by atoms with Crippen LogP contribution in [-0.4, -0.2) is 37.8 Å². The van der Waals surface area contributed by atoms with Crippen molar-refractivity contribution in [1.29, 1.82) is 0 Å². The lowest BCUT2D eigenvalue weighted by Crippen LogP contribution is -2.52. The van der Waals surface area contributed by atoms with E-state index >= 15 is 0 Å². The fourth-order valence-corrected chi connectivity index (χ4v) is 2.57. The Labute approximate surface area is 133 Å². The summed E-state index contributed by atoms with van der Waals surface area (Å²) < 4.78 is 79.4. The van der Waals surface area contributed by atoms with Crippen molar-refractivity contribution in [1.82, 2.24) is 4.90 Å². The van der Waals surface area contributed by atoms with Gasteiger partial charge in [-0.1, -0.05) is 31.4 Å². The van der Waals surface area contributed by atoms with Crippen LogP contribution in [0.5, 0.6) is 5.75 Å². The lowest BCUT2D eigenvalue weighted by atomic mass is 9.71. The zero-order valence-electron chi connectivity index (χ0n) is 19.8. The molecule has 1 saturated heterocycles. The standard InChI is InChI=1S/C17H25NO2/c1-18-12-16(14-6-8-15(19-2)9-7-14)17(20-13-18)10-4-3-5-11-17/h6-9,16H,3-5,10-13H2,1-2H3/i4D,10D2,12D2,13D2,16D. The minimum atomic E-state index is -2.65. The van der Waals surface area contributed by atoms with Gasteiger partial charge in [0.25, 0.3) is 0 Å². The van der Waals surface area contributed by atoms with Gasteiger partial charge in [-0.2, -0.15) is 0 Å². The Morgan fingerprint density at radius 2 is 2.20 bits per heavy atom. The monoisotopic (exact) mass is 283 g/mol. The molecule has 1 aliphatic carbocycles. The average Bonchev–Trinajstić information content (AvgIpc) is 2.63. The lowest BCUT2D eigenvalue weighted by Gasteiger charge is -2.49. The van der Waals surface area contributed by atoms with Crippen LogP contribution >= 0.6 is 0 Å². The SMILES string of the molecule is [2H]C1CCCC2(OC([2H])([2H])N(C)C([2H])([2H])C2([2H])c2ccc(OC)cc2)C1([2H])[2H]. The Morgan fingerprint density at radius 1 is 1.40 bits per heavy atom. The maximum Gasteiger partial charge on any atom is 0.118 e. The van der Waals surface area contributed by atoms with Crippen LogP contribution in [-0.2, 0) is 4.74 Å². The largest absolute Gasteiger partial charge is 0.497 e. The quantitative estimate of drug-likeness (QED) is 0.830. The molecule has 0 N–H and O–H groups in total. The van der Waals surface area contributed by atoms with E-state index in [-0.39, 0.29) is 18.4 Å². The minimum Gasteiger partial charge on any atom is -0.497 e. The zero-order chi connectivity index (χ0) is 21.2. The van der Waals surface area contributed by atoms with Crippen molar-refractivity contribution in [3.05, 3.63) is 29.8 Å². The number of nitrogens with zero attached hydrogens (tertiary/aromatic N) is 1. The molecule has 3 unspecified atom stereocenters. The Kier molecular flexibility index (Phi) is 2.09. The van der Waals surface area contributed by atoms with Crippen LogP contribution in [0.25, 0.3) is 0 Å². The molecule has 20 heavy (non-hydrogen) atoms. The van der Waals surface area contributed by atoms with E-state index in [1.165, 1.54) is 26.3 Å². The first-order chi connectivity index (χ1) is 12.8. The maximum absolute atomic E-state index is 9.31. The Bertz CT molecular complexity index is 743. The molecule has 1 aliphatic heterocycles. The summed E-state index contributed by atoms with van der Waals surface area (Å²) in [7, 11) is 2.65. The molecule has 1 aromatic carbocycles. The molecular weight excluding hydrogens is 250 g/mol.